The molecule has 9 heavy (non-hydrogen) atoms. The summed E-state index contributed by atoms with van der Waals surface area (Å²) in [5.74, 6) is 0.667. The first-order valence-corrected chi connectivity index (χ1v) is 4.68. The van der Waals surface area contributed by atoms with Crippen LogP contribution in [0.1, 0.15) is 20.3 Å². The summed E-state index contributed by atoms with van der Waals surface area (Å²) in [4.78, 5) is 10.9. The van der Waals surface area contributed by atoms with Crippen molar-refractivity contribution in [1.29, 1.82) is 0 Å². The first-order valence-electron chi connectivity index (χ1n) is 2.85. The molecule has 0 fully saturated rings. The standard InChI is InChI=1S/C6H10Br2O/c1-4(2)3-5(9)6(7)8/h4,6H,3H2,1-2H3. The van der Waals surface area contributed by atoms with Gasteiger partial charge < -0.3 is 0 Å². The third-order valence-electron chi connectivity index (χ3n) is 0.853. The Morgan fingerprint density at radius 1 is 1.44 bits per heavy atom. The smallest absolute Gasteiger partial charge is 0.157 e. The Hall–Kier alpha value is 0.630. The van der Waals surface area contributed by atoms with Crippen LogP contribution < -0.4 is 0 Å². The molecule has 0 N–H and O–H groups in total. The molecule has 0 saturated carbocycles. The minimum atomic E-state index is -0.160. The van der Waals surface area contributed by atoms with E-state index in [1.54, 1.807) is 0 Å². The Morgan fingerprint density at radius 3 is 2.00 bits per heavy atom. The Kier molecular flexibility index (Phi) is 4.76. The van der Waals surface area contributed by atoms with Gasteiger partial charge in [-0.25, -0.2) is 0 Å². The van der Waals surface area contributed by atoms with Crippen LogP contribution in [0.4, 0.5) is 0 Å². The minimum Gasteiger partial charge on any atom is -0.297 e. The summed E-state index contributed by atoms with van der Waals surface area (Å²) in [7, 11) is 0. The van der Waals surface area contributed by atoms with Crippen molar-refractivity contribution in [3.63, 3.8) is 0 Å². The molecule has 0 rings (SSSR count). The molecule has 0 aliphatic rings. The molecule has 0 spiro atoms. The van der Waals surface area contributed by atoms with E-state index in [0.717, 1.165) is 0 Å². The first-order chi connectivity index (χ1) is 4.04. The lowest BCUT2D eigenvalue weighted by Crippen LogP contribution is -2.09. The largest absolute Gasteiger partial charge is 0.297 e. The molecule has 0 aromatic heterocycles. The van der Waals surface area contributed by atoms with E-state index in [9.17, 15) is 4.79 Å². The SMILES string of the molecule is CC(C)CC(=O)C(Br)Br. The summed E-state index contributed by atoms with van der Waals surface area (Å²) < 4.78 is -0.160. The van der Waals surface area contributed by atoms with Crippen molar-refractivity contribution >= 4 is 37.6 Å². The Bertz CT molecular complexity index is 99.2. The van der Waals surface area contributed by atoms with Crippen molar-refractivity contribution < 1.29 is 4.79 Å². The Morgan fingerprint density at radius 2 is 1.89 bits per heavy atom. The fraction of sp³-hybridized carbons (Fsp3) is 0.833. The van der Waals surface area contributed by atoms with Gasteiger partial charge in [0.15, 0.2) is 5.78 Å². The molecule has 0 heterocycles. The molecule has 0 amide bonds. The van der Waals surface area contributed by atoms with Crippen LogP contribution >= 0.6 is 31.9 Å². The maximum atomic E-state index is 10.9. The maximum Gasteiger partial charge on any atom is 0.157 e. The van der Waals surface area contributed by atoms with Gasteiger partial charge in [-0.3, -0.25) is 4.79 Å². The summed E-state index contributed by atoms with van der Waals surface area (Å²) in [5, 5.41) is 0. The molecule has 0 bridgehead atoms. The number of alkyl halides is 2. The first kappa shape index (κ1) is 9.63. The van der Waals surface area contributed by atoms with Crippen LogP contribution in [0.5, 0.6) is 0 Å². The van der Waals surface area contributed by atoms with E-state index < -0.39 is 0 Å². The zero-order valence-electron chi connectivity index (χ0n) is 5.53. The number of hydrogen-bond acceptors (Lipinski definition) is 1. The molecule has 0 atom stereocenters. The molecule has 0 unspecified atom stereocenters. The lowest BCUT2D eigenvalue weighted by atomic mass is 10.1. The molecule has 0 aromatic carbocycles. The predicted octanol–water partition coefficient (Wildman–Crippen LogP) is 2.72. The van der Waals surface area contributed by atoms with E-state index in [2.05, 4.69) is 31.9 Å². The molecule has 0 saturated heterocycles. The van der Waals surface area contributed by atoms with E-state index in [-0.39, 0.29) is 9.52 Å². The van der Waals surface area contributed by atoms with Crippen molar-refractivity contribution in [2.45, 2.75) is 24.0 Å². The van der Waals surface area contributed by atoms with Gasteiger partial charge in [0.05, 0.1) is 0 Å². The fourth-order valence-electron chi connectivity index (χ4n) is 0.491. The van der Waals surface area contributed by atoms with E-state index in [4.69, 9.17) is 0 Å². The Balaban J connectivity index is 3.51. The molecule has 1 nitrogen and oxygen atoms in total. The average molecular weight is 258 g/mol. The van der Waals surface area contributed by atoms with Crippen LogP contribution in [0, 0.1) is 5.92 Å². The quantitative estimate of drug-likeness (QED) is 0.711. The van der Waals surface area contributed by atoms with Gasteiger partial charge in [-0.15, -0.1) is 0 Å². The van der Waals surface area contributed by atoms with Gasteiger partial charge in [0.1, 0.15) is 3.74 Å². The summed E-state index contributed by atoms with van der Waals surface area (Å²) in [6, 6.07) is 0. The molecule has 0 aromatic rings. The zero-order valence-corrected chi connectivity index (χ0v) is 8.70. The third-order valence-corrected chi connectivity index (χ3v) is 1.87. The number of halogens is 2. The second-order valence-corrected chi connectivity index (χ2v) is 5.43. The van der Waals surface area contributed by atoms with Crippen molar-refractivity contribution in [2.24, 2.45) is 5.92 Å². The number of rotatable bonds is 3. The van der Waals surface area contributed by atoms with Crippen LogP contribution in [-0.2, 0) is 4.79 Å². The topological polar surface area (TPSA) is 17.1 Å². The summed E-state index contributed by atoms with van der Waals surface area (Å²) in [5.41, 5.74) is 0. The highest BCUT2D eigenvalue weighted by Crippen LogP contribution is 2.14. The van der Waals surface area contributed by atoms with Crippen molar-refractivity contribution in [3.8, 4) is 0 Å². The summed E-state index contributed by atoms with van der Waals surface area (Å²) >= 11 is 6.27. The number of hydrogen-bond donors (Lipinski definition) is 0. The number of carbonyl (C=O) groups excluding carboxylic acids is 1. The van der Waals surface area contributed by atoms with Gasteiger partial charge in [-0.1, -0.05) is 45.7 Å². The lowest BCUT2D eigenvalue weighted by Gasteiger charge is -2.02. The highest BCUT2D eigenvalue weighted by Gasteiger charge is 2.11. The van der Waals surface area contributed by atoms with E-state index >= 15 is 0 Å². The van der Waals surface area contributed by atoms with Crippen LogP contribution in [-0.4, -0.2) is 9.52 Å². The van der Waals surface area contributed by atoms with Crippen molar-refractivity contribution in [3.05, 3.63) is 0 Å². The fourth-order valence-corrected chi connectivity index (χ4v) is 0.865. The summed E-state index contributed by atoms with van der Waals surface area (Å²) in [6.07, 6.45) is 0.640. The van der Waals surface area contributed by atoms with Gasteiger partial charge in [0.25, 0.3) is 0 Å². The van der Waals surface area contributed by atoms with Gasteiger partial charge in [-0.05, 0) is 5.92 Å². The van der Waals surface area contributed by atoms with Crippen molar-refractivity contribution in [2.75, 3.05) is 0 Å². The van der Waals surface area contributed by atoms with E-state index in [0.29, 0.717) is 12.3 Å². The van der Waals surface area contributed by atoms with Crippen LogP contribution in [0.3, 0.4) is 0 Å². The van der Waals surface area contributed by atoms with Gasteiger partial charge in [0.2, 0.25) is 0 Å². The summed E-state index contributed by atoms with van der Waals surface area (Å²) in [6.45, 7) is 4.06. The minimum absolute atomic E-state index is 0.160. The van der Waals surface area contributed by atoms with Gasteiger partial charge >= 0.3 is 0 Å². The number of carbonyl (C=O) groups is 1. The van der Waals surface area contributed by atoms with Crippen LogP contribution in [0.2, 0.25) is 0 Å². The van der Waals surface area contributed by atoms with E-state index in [1.807, 2.05) is 13.8 Å². The van der Waals surface area contributed by atoms with Gasteiger partial charge in [0, 0.05) is 6.42 Å². The molecular formula is C6H10Br2O. The molecule has 0 radical (unpaired) electrons. The van der Waals surface area contributed by atoms with Gasteiger partial charge in [-0.2, -0.15) is 0 Å². The normalized spacial score (nSPS) is 10.9. The molecule has 54 valence electrons. The monoisotopic (exact) mass is 256 g/mol. The number of Topliss-reactive ketones (excluding diaryl/α,β-unsaturated/α-hetero) is 1. The van der Waals surface area contributed by atoms with E-state index in [1.165, 1.54) is 0 Å². The molecule has 3 heteroatoms. The second-order valence-electron chi connectivity index (χ2n) is 2.36. The highest BCUT2D eigenvalue weighted by atomic mass is 79.9. The van der Waals surface area contributed by atoms with Crippen LogP contribution in [0.25, 0.3) is 0 Å². The molecule has 0 aliphatic carbocycles. The predicted molar refractivity (Wildman–Crippen MR) is 46.1 cm³/mol. The van der Waals surface area contributed by atoms with Crippen molar-refractivity contribution in [1.82, 2.24) is 0 Å². The Labute approximate surface area is 72.5 Å². The van der Waals surface area contributed by atoms with Crippen LogP contribution in [0.15, 0.2) is 0 Å². The highest BCUT2D eigenvalue weighted by molar-refractivity contribution is 9.25. The third kappa shape index (κ3) is 5.09. The second kappa shape index (κ2) is 4.45. The number of ketones is 1. The molecule has 0 aliphatic heterocycles. The average Bonchev–Trinajstić information content (AvgIpc) is 1.63. The molecular weight excluding hydrogens is 248 g/mol. The zero-order chi connectivity index (χ0) is 7.44. The lowest BCUT2D eigenvalue weighted by molar-refractivity contribution is -0.117. The maximum absolute atomic E-state index is 10.9.